The molecule has 0 saturated carbocycles. The van der Waals surface area contributed by atoms with Gasteiger partial charge in [0.05, 0.1) is 13.7 Å². The van der Waals surface area contributed by atoms with Crippen LogP contribution in [-0.2, 0) is 14.3 Å². The first kappa shape index (κ1) is 19.4. The second kappa shape index (κ2) is 10.1. The van der Waals surface area contributed by atoms with E-state index >= 15 is 0 Å². The first-order chi connectivity index (χ1) is 9.76. The fourth-order valence-corrected chi connectivity index (χ4v) is 1.60. The fourth-order valence-electron chi connectivity index (χ4n) is 1.60. The van der Waals surface area contributed by atoms with Gasteiger partial charge in [-0.3, -0.25) is 20.2 Å². The minimum atomic E-state index is -0.556. The average Bonchev–Trinajstić information content (AvgIpc) is 2.39. The van der Waals surface area contributed by atoms with Crippen LogP contribution in [0.25, 0.3) is 0 Å². The number of hydrogen-bond acceptors (Lipinski definition) is 5. The Labute approximate surface area is 126 Å². The molecule has 7 nitrogen and oxygen atoms in total. The van der Waals surface area contributed by atoms with Crippen molar-refractivity contribution in [2.45, 2.75) is 40.2 Å². The molecule has 0 bridgehead atoms. The number of urea groups is 1. The normalized spacial score (nSPS) is 12.1. The van der Waals surface area contributed by atoms with Crippen LogP contribution in [0.1, 0.15) is 34.1 Å². The molecule has 0 spiro atoms. The summed E-state index contributed by atoms with van der Waals surface area (Å²) in [6.07, 6.45) is 0.555. The average molecular weight is 301 g/mol. The Morgan fingerprint density at radius 1 is 1.05 bits per heavy atom. The predicted molar refractivity (Wildman–Crippen MR) is 79.6 cm³/mol. The van der Waals surface area contributed by atoms with Crippen LogP contribution in [0.2, 0.25) is 0 Å². The zero-order valence-electron chi connectivity index (χ0n) is 13.5. The van der Waals surface area contributed by atoms with E-state index in [1.165, 1.54) is 7.11 Å². The van der Waals surface area contributed by atoms with Crippen molar-refractivity contribution in [2.24, 2.45) is 11.8 Å². The Balaban J connectivity index is 4.18. The summed E-state index contributed by atoms with van der Waals surface area (Å²) < 4.78 is 4.68. The number of methoxy groups -OCH3 is 1. The highest BCUT2D eigenvalue weighted by Gasteiger charge is 2.21. The summed E-state index contributed by atoms with van der Waals surface area (Å²) in [5.74, 6) is -0.326. The monoisotopic (exact) mass is 301 g/mol. The number of carbonyl (C=O) groups is 3. The van der Waals surface area contributed by atoms with Gasteiger partial charge in [-0.1, -0.05) is 27.7 Å². The molecule has 0 heterocycles. The molecule has 21 heavy (non-hydrogen) atoms. The van der Waals surface area contributed by atoms with Crippen LogP contribution >= 0.6 is 0 Å². The lowest BCUT2D eigenvalue weighted by Crippen LogP contribution is -2.48. The molecule has 0 radical (unpaired) electrons. The van der Waals surface area contributed by atoms with Gasteiger partial charge in [0.15, 0.2) is 0 Å². The number of carbonyl (C=O) groups excluding carboxylic acids is 3. The maximum Gasteiger partial charge on any atom is 0.322 e. The zero-order chi connectivity index (χ0) is 16.4. The molecular formula is C14H27N3O4. The third-order valence-electron chi connectivity index (χ3n) is 2.63. The van der Waals surface area contributed by atoms with E-state index in [0.717, 1.165) is 0 Å². The Morgan fingerprint density at radius 3 is 2.14 bits per heavy atom. The fraction of sp³-hybridized carbons (Fsp3) is 0.786. The zero-order valence-corrected chi connectivity index (χ0v) is 13.5. The maximum atomic E-state index is 11.6. The lowest BCUT2D eigenvalue weighted by atomic mass is 10.0. The lowest BCUT2D eigenvalue weighted by Gasteiger charge is -2.18. The van der Waals surface area contributed by atoms with Crippen LogP contribution in [0.3, 0.4) is 0 Å². The Bertz CT molecular complexity index is 356. The van der Waals surface area contributed by atoms with Crippen LogP contribution in [0.5, 0.6) is 0 Å². The van der Waals surface area contributed by atoms with Gasteiger partial charge in [-0.05, 0) is 18.3 Å². The van der Waals surface area contributed by atoms with Gasteiger partial charge in [0.1, 0.15) is 6.04 Å². The molecule has 3 amide bonds. The van der Waals surface area contributed by atoms with Crippen LogP contribution in [0.4, 0.5) is 4.79 Å². The number of hydrogen-bond donors (Lipinski definition) is 3. The van der Waals surface area contributed by atoms with Gasteiger partial charge in [0.25, 0.3) is 0 Å². The van der Waals surface area contributed by atoms with Crippen molar-refractivity contribution in [3.8, 4) is 0 Å². The van der Waals surface area contributed by atoms with Gasteiger partial charge in [-0.15, -0.1) is 0 Å². The molecule has 0 saturated heterocycles. The van der Waals surface area contributed by atoms with Crippen molar-refractivity contribution in [3.63, 3.8) is 0 Å². The maximum absolute atomic E-state index is 11.6. The first-order valence-corrected chi connectivity index (χ1v) is 7.15. The predicted octanol–water partition coefficient (Wildman–Crippen LogP) is 0.646. The third-order valence-corrected chi connectivity index (χ3v) is 2.63. The molecule has 0 aliphatic carbocycles. The highest BCUT2D eigenvalue weighted by atomic mass is 16.5. The van der Waals surface area contributed by atoms with Gasteiger partial charge in [0, 0.05) is 6.54 Å². The van der Waals surface area contributed by atoms with E-state index in [2.05, 4.69) is 20.7 Å². The molecular weight excluding hydrogens is 274 g/mol. The topological polar surface area (TPSA) is 96.5 Å². The molecule has 0 aromatic heterocycles. The third kappa shape index (κ3) is 9.84. The molecule has 0 aromatic carbocycles. The van der Waals surface area contributed by atoms with E-state index in [-0.39, 0.29) is 12.5 Å². The van der Waals surface area contributed by atoms with Crippen LogP contribution in [0, 0.1) is 11.8 Å². The molecule has 0 rings (SSSR count). The summed E-state index contributed by atoms with van der Waals surface area (Å²) in [7, 11) is 1.30. The smallest absolute Gasteiger partial charge is 0.322 e. The van der Waals surface area contributed by atoms with E-state index in [1.807, 2.05) is 27.7 Å². The number of nitrogens with one attached hydrogen (secondary N) is 3. The van der Waals surface area contributed by atoms with Crippen LogP contribution < -0.4 is 16.0 Å². The van der Waals surface area contributed by atoms with E-state index in [4.69, 9.17) is 0 Å². The molecule has 122 valence electrons. The summed E-state index contributed by atoms with van der Waals surface area (Å²) in [5.41, 5.74) is 0. The van der Waals surface area contributed by atoms with Gasteiger partial charge in [-0.2, -0.15) is 0 Å². The summed E-state index contributed by atoms with van der Waals surface area (Å²) in [5, 5.41) is 7.58. The Kier molecular flexibility index (Phi) is 9.36. The Hall–Kier alpha value is -1.63. The number of rotatable bonds is 8. The van der Waals surface area contributed by atoms with E-state index in [0.29, 0.717) is 18.9 Å². The molecule has 0 aromatic rings. The van der Waals surface area contributed by atoms with Crippen molar-refractivity contribution in [3.05, 3.63) is 0 Å². The standard InChI is InChI=1S/C14H27N3O4/c1-9(2)6-11(13(19)21-5)15-8-12(18)17-14(20)16-7-10(3)4/h9-11,15H,6-8H2,1-5H3,(H2,16,17,18,20). The molecule has 1 atom stereocenters. The number of imide groups is 1. The van der Waals surface area contributed by atoms with Crippen molar-refractivity contribution in [1.82, 2.24) is 16.0 Å². The van der Waals surface area contributed by atoms with E-state index in [1.54, 1.807) is 0 Å². The number of ether oxygens (including phenoxy) is 1. The SMILES string of the molecule is COC(=O)C(CC(C)C)NCC(=O)NC(=O)NCC(C)C. The molecule has 0 aliphatic heterocycles. The van der Waals surface area contributed by atoms with Crippen molar-refractivity contribution in [2.75, 3.05) is 20.2 Å². The van der Waals surface area contributed by atoms with E-state index in [9.17, 15) is 14.4 Å². The minimum Gasteiger partial charge on any atom is -0.468 e. The van der Waals surface area contributed by atoms with Gasteiger partial charge < -0.3 is 10.1 Å². The quantitative estimate of drug-likeness (QED) is 0.572. The second-order valence-electron chi connectivity index (χ2n) is 5.74. The summed E-state index contributed by atoms with van der Waals surface area (Å²) >= 11 is 0. The Morgan fingerprint density at radius 2 is 1.67 bits per heavy atom. The second-order valence-corrected chi connectivity index (χ2v) is 5.74. The van der Waals surface area contributed by atoms with Crippen molar-refractivity contribution < 1.29 is 19.1 Å². The van der Waals surface area contributed by atoms with Gasteiger partial charge in [0.2, 0.25) is 5.91 Å². The van der Waals surface area contributed by atoms with Crippen LogP contribution in [0.15, 0.2) is 0 Å². The first-order valence-electron chi connectivity index (χ1n) is 7.15. The molecule has 7 heteroatoms. The summed E-state index contributed by atoms with van der Waals surface area (Å²) in [6.45, 7) is 8.22. The summed E-state index contributed by atoms with van der Waals surface area (Å²) in [6, 6.07) is -1.09. The van der Waals surface area contributed by atoms with Crippen molar-refractivity contribution in [1.29, 1.82) is 0 Å². The molecule has 1 unspecified atom stereocenters. The lowest BCUT2D eigenvalue weighted by molar-refractivity contribution is -0.143. The van der Waals surface area contributed by atoms with E-state index < -0.39 is 23.9 Å². The molecule has 0 fully saturated rings. The van der Waals surface area contributed by atoms with Gasteiger partial charge >= 0.3 is 12.0 Å². The van der Waals surface area contributed by atoms with Crippen LogP contribution in [-0.4, -0.2) is 44.1 Å². The number of esters is 1. The largest absolute Gasteiger partial charge is 0.468 e. The highest BCUT2D eigenvalue weighted by Crippen LogP contribution is 2.05. The molecule has 3 N–H and O–H groups in total. The number of amides is 3. The highest BCUT2D eigenvalue weighted by molar-refractivity contribution is 5.95. The van der Waals surface area contributed by atoms with Gasteiger partial charge in [-0.25, -0.2) is 4.79 Å². The minimum absolute atomic E-state index is 0.123. The summed E-state index contributed by atoms with van der Waals surface area (Å²) in [4.78, 5) is 34.6. The van der Waals surface area contributed by atoms with Crippen molar-refractivity contribution >= 4 is 17.9 Å². The molecule has 0 aliphatic rings.